The number of benzene rings is 2. The Morgan fingerprint density at radius 2 is 1.84 bits per heavy atom. The molecule has 1 aliphatic heterocycles. The third-order valence-corrected chi connectivity index (χ3v) is 5.27. The Hall–Kier alpha value is -2.88. The van der Waals surface area contributed by atoms with Gasteiger partial charge in [0.05, 0.1) is 7.11 Å². The molecule has 0 bridgehead atoms. The molecule has 1 heterocycles. The fourth-order valence-corrected chi connectivity index (χ4v) is 3.80. The van der Waals surface area contributed by atoms with E-state index >= 15 is 0 Å². The number of carbonyl (C=O) groups excluding carboxylic acids is 2. The summed E-state index contributed by atoms with van der Waals surface area (Å²) in [6.45, 7) is 3.95. The lowest BCUT2D eigenvalue weighted by Gasteiger charge is -2.27. The third-order valence-electron chi connectivity index (χ3n) is 5.27. The number of methoxy groups -OCH3 is 1. The lowest BCUT2D eigenvalue weighted by Crippen LogP contribution is -2.51. The molecule has 0 spiro atoms. The van der Waals surface area contributed by atoms with Gasteiger partial charge in [-0.25, -0.2) is 4.79 Å². The number of aryl methyl sites for hydroxylation is 2. The van der Waals surface area contributed by atoms with E-state index in [9.17, 15) is 9.59 Å². The van der Waals surface area contributed by atoms with E-state index in [4.69, 9.17) is 4.74 Å². The number of anilines is 1. The van der Waals surface area contributed by atoms with Crippen LogP contribution in [0.15, 0.2) is 42.5 Å². The van der Waals surface area contributed by atoms with E-state index in [1.807, 2.05) is 56.3 Å². The second-order valence-corrected chi connectivity index (χ2v) is 6.66. The third kappa shape index (κ3) is 2.00. The maximum atomic E-state index is 13.4. The highest BCUT2D eigenvalue weighted by Crippen LogP contribution is 2.45. The van der Waals surface area contributed by atoms with E-state index in [1.165, 1.54) is 7.11 Å². The Morgan fingerprint density at radius 1 is 1.12 bits per heavy atom. The van der Waals surface area contributed by atoms with E-state index in [-0.39, 0.29) is 5.78 Å². The summed E-state index contributed by atoms with van der Waals surface area (Å²) in [6, 6.07) is 11.6. The van der Waals surface area contributed by atoms with Crippen molar-refractivity contribution in [1.29, 1.82) is 0 Å². The molecule has 126 valence electrons. The molecular formula is C21H19NO3. The van der Waals surface area contributed by atoms with E-state index in [1.54, 1.807) is 0 Å². The van der Waals surface area contributed by atoms with Gasteiger partial charge in [0.2, 0.25) is 11.3 Å². The van der Waals surface area contributed by atoms with Crippen molar-refractivity contribution in [3.8, 4) is 0 Å². The number of ether oxygens (including phenoxy) is 1. The van der Waals surface area contributed by atoms with Crippen LogP contribution in [0.5, 0.6) is 0 Å². The number of carbonyl (C=O) groups is 2. The Balaban J connectivity index is 1.93. The zero-order valence-electron chi connectivity index (χ0n) is 14.5. The lowest BCUT2D eigenvalue weighted by atomic mass is 9.82. The molecule has 2 aromatic carbocycles. The molecule has 4 heteroatoms. The van der Waals surface area contributed by atoms with Gasteiger partial charge in [0.15, 0.2) is 0 Å². The van der Waals surface area contributed by atoms with Crippen molar-refractivity contribution in [2.45, 2.75) is 25.8 Å². The second kappa shape index (κ2) is 5.31. The van der Waals surface area contributed by atoms with Crippen molar-refractivity contribution in [2.24, 2.45) is 0 Å². The molecule has 2 aliphatic rings. The Labute approximate surface area is 146 Å². The number of rotatable bonds is 2. The van der Waals surface area contributed by atoms with Crippen LogP contribution in [0.3, 0.4) is 0 Å². The highest BCUT2D eigenvalue weighted by atomic mass is 16.5. The summed E-state index contributed by atoms with van der Waals surface area (Å²) >= 11 is 0. The Kier molecular flexibility index (Phi) is 3.32. The van der Waals surface area contributed by atoms with Crippen molar-refractivity contribution < 1.29 is 14.3 Å². The van der Waals surface area contributed by atoms with Gasteiger partial charge in [0, 0.05) is 16.8 Å². The minimum absolute atomic E-state index is 0.250. The van der Waals surface area contributed by atoms with Crippen molar-refractivity contribution in [3.63, 3.8) is 0 Å². The SMILES string of the molecule is COC(=O)C1(C2=CCc3ccccc32)Nc2cc(C)c(C)cc2C1=O. The molecule has 25 heavy (non-hydrogen) atoms. The molecule has 2 aromatic rings. The van der Waals surface area contributed by atoms with Crippen LogP contribution in [0, 0.1) is 13.8 Å². The van der Waals surface area contributed by atoms with Crippen LogP contribution in [-0.4, -0.2) is 24.4 Å². The number of hydrogen-bond acceptors (Lipinski definition) is 4. The van der Waals surface area contributed by atoms with Crippen molar-refractivity contribution >= 4 is 23.0 Å². The van der Waals surface area contributed by atoms with E-state index in [0.717, 1.165) is 22.3 Å². The maximum absolute atomic E-state index is 13.4. The predicted molar refractivity (Wildman–Crippen MR) is 96.7 cm³/mol. The Morgan fingerprint density at radius 3 is 2.60 bits per heavy atom. The highest BCUT2D eigenvalue weighted by Gasteiger charge is 2.56. The first kappa shape index (κ1) is 15.6. The zero-order chi connectivity index (χ0) is 17.8. The number of nitrogens with one attached hydrogen (secondary N) is 1. The number of Topliss-reactive ketones (excluding diaryl/α,β-unsaturated/α-hetero) is 1. The van der Waals surface area contributed by atoms with Crippen LogP contribution < -0.4 is 5.32 Å². The van der Waals surface area contributed by atoms with E-state index in [0.29, 0.717) is 23.2 Å². The molecule has 0 amide bonds. The summed E-state index contributed by atoms with van der Waals surface area (Å²) < 4.78 is 5.06. The van der Waals surface area contributed by atoms with Crippen molar-refractivity contribution in [3.05, 3.63) is 70.3 Å². The minimum Gasteiger partial charge on any atom is -0.467 e. The average Bonchev–Trinajstić information content (AvgIpc) is 3.16. The number of fused-ring (bicyclic) bond motifs is 2. The average molecular weight is 333 g/mol. The molecule has 0 saturated carbocycles. The lowest BCUT2D eigenvalue weighted by molar-refractivity contribution is -0.142. The topological polar surface area (TPSA) is 55.4 Å². The molecule has 1 aliphatic carbocycles. The van der Waals surface area contributed by atoms with E-state index < -0.39 is 11.5 Å². The van der Waals surface area contributed by atoms with Crippen molar-refractivity contribution in [1.82, 2.24) is 0 Å². The molecule has 1 atom stereocenters. The normalized spacial score (nSPS) is 20.6. The van der Waals surface area contributed by atoms with Gasteiger partial charge in [-0.05, 0) is 54.7 Å². The van der Waals surface area contributed by atoms with Gasteiger partial charge in [-0.3, -0.25) is 4.79 Å². The summed E-state index contributed by atoms with van der Waals surface area (Å²) in [7, 11) is 1.32. The van der Waals surface area contributed by atoms with Gasteiger partial charge >= 0.3 is 5.97 Å². The van der Waals surface area contributed by atoms with Crippen LogP contribution in [0.25, 0.3) is 5.57 Å². The van der Waals surface area contributed by atoms with Gasteiger partial charge in [-0.1, -0.05) is 30.3 Å². The second-order valence-electron chi connectivity index (χ2n) is 6.66. The first-order valence-electron chi connectivity index (χ1n) is 8.30. The monoisotopic (exact) mass is 333 g/mol. The summed E-state index contributed by atoms with van der Waals surface area (Å²) in [4.78, 5) is 26.2. The highest BCUT2D eigenvalue weighted by molar-refractivity contribution is 6.32. The fraction of sp³-hybridized carbons (Fsp3) is 0.238. The summed E-state index contributed by atoms with van der Waals surface area (Å²) in [5.41, 5.74) is 4.53. The quantitative estimate of drug-likeness (QED) is 0.675. The molecule has 0 radical (unpaired) electrons. The molecule has 0 aromatic heterocycles. The molecule has 1 unspecified atom stereocenters. The molecular weight excluding hydrogens is 314 g/mol. The molecule has 0 saturated heterocycles. The first-order valence-corrected chi connectivity index (χ1v) is 8.30. The largest absolute Gasteiger partial charge is 0.467 e. The molecule has 1 N–H and O–H groups in total. The van der Waals surface area contributed by atoms with Crippen LogP contribution >= 0.6 is 0 Å². The molecule has 4 rings (SSSR count). The summed E-state index contributed by atoms with van der Waals surface area (Å²) in [5, 5.41) is 3.21. The first-order chi connectivity index (χ1) is 12.0. The summed E-state index contributed by atoms with van der Waals surface area (Å²) in [5.74, 6) is -0.827. The van der Waals surface area contributed by atoms with Crippen LogP contribution in [0.2, 0.25) is 0 Å². The number of ketones is 1. The molecule has 0 fully saturated rings. The van der Waals surface area contributed by atoms with Gasteiger partial charge in [0.1, 0.15) is 0 Å². The number of allylic oxidation sites excluding steroid dienone is 1. The Bertz CT molecular complexity index is 958. The minimum atomic E-state index is -1.51. The predicted octanol–water partition coefficient (Wildman–Crippen LogP) is 3.46. The smallest absolute Gasteiger partial charge is 0.344 e. The van der Waals surface area contributed by atoms with Gasteiger partial charge < -0.3 is 10.1 Å². The number of hydrogen-bond donors (Lipinski definition) is 1. The van der Waals surface area contributed by atoms with Gasteiger partial charge in [-0.15, -0.1) is 0 Å². The van der Waals surface area contributed by atoms with Gasteiger partial charge in [-0.2, -0.15) is 0 Å². The zero-order valence-corrected chi connectivity index (χ0v) is 14.5. The van der Waals surface area contributed by atoms with Crippen LogP contribution in [0.1, 0.15) is 32.6 Å². The maximum Gasteiger partial charge on any atom is 0.344 e. The van der Waals surface area contributed by atoms with Crippen LogP contribution in [-0.2, 0) is 16.0 Å². The standard InChI is InChI=1S/C21H19NO3/c1-12-10-16-18(11-13(12)2)22-21(19(16)23,20(24)25-3)17-9-8-14-6-4-5-7-15(14)17/h4-7,9-11,22H,8H2,1-3H3. The van der Waals surface area contributed by atoms with E-state index in [2.05, 4.69) is 5.32 Å². The van der Waals surface area contributed by atoms with Gasteiger partial charge in [0.25, 0.3) is 0 Å². The van der Waals surface area contributed by atoms with Crippen LogP contribution in [0.4, 0.5) is 5.69 Å². The fourth-order valence-electron chi connectivity index (χ4n) is 3.80. The van der Waals surface area contributed by atoms with Crippen molar-refractivity contribution in [2.75, 3.05) is 12.4 Å². The number of esters is 1. The summed E-state index contributed by atoms with van der Waals surface area (Å²) in [6.07, 6.45) is 2.66. The molecule has 4 nitrogen and oxygen atoms in total.